The molecule has 3 atom stereocenters. The van der Waals surface area contributed by atoms with E-state index in [-0.39, 0.29) is 41.1 Å². The molecule has 3 N–H and O–H groups in total. The third-order valence-electron chi connectivity index (χ3n) is 8.39. The zero-order valence-corrected chi connectivity index (χ0v) is 29.1. The SMILES string of the molecule is COC(=O)N[C@H](C(=O)Nc1cncc(F)c1CC[C@H]1CNCCN1S(=O)(=O)c1ccccc1)[C@@H](c1ccc(Cl)cc1)c1cccc(OC(F)(F)F)c1. The third-order valence-corrected chi connectivity index (χ3v) is 10.6. The highest BCUT2D eigenvalue weighted by molar-refractivity contribution is 7.89. The molecule has 1 aliphatic heterocycles. The van der Waals surface area contributed by atoms with E-state index in [4.69, 9.17) is 16.3 Å². The van der Waals surface area contributed by atoms with Gasteiger partial charge in [-0.25, -0.2) is 17.6 Å². The number of carbonyl (C=O) groups excluding carboxylic acids is 2. The Morgan fingerprint density at radius 3 is 2.46 bits per heavy atom. The number of nitrogens with zero attached hydrogens (tertiary/aromatic N) is 2. The van der Waals surface area contributed by atoms with E-state index in [2.05, 4.69) is 25.7 Å². The maximum absolute atomic E-state index is 15.5. The van der Waals surface area contributed by atoms with Crippen molar-refractivity contribution in [1.82, 2.24) is 19.9 Å². The normalized spacial score (nSPS) is 16.4. The number of aromatic nitrogens is 1. The van der Waals surface area contributed by atoms with Crippen LogP contribution in [0, 0.1) is 5.82 Å². The lowest BCUT2D eigenvalue weighted by molar-refractivity contribution is -0.274. The number of hydrogen-bond donors (Lipinski definition) is 3. The number of piperazine rings is 1. The van der Waals surface area contributed by atoms with Crippen molar-refractivity contribution in [3.63, 3.8) is 0 Å². The number of alkyl carbamates (subject to hydrolysis) is 1. The fourth-order valence-corrected chi connectivity index (χ4v) is 7.82. The molecule has 1 aromatic heterocycles. The number of amides is 2. The average molecular weight is 764 g/mol. The smallest absolute Gasteiger partial charge is 0.453 e. The number of hydrogen-bond acceptors (Lipinski definition) is 8. The van der Waals surface area contributed by atoms with E-state index >= 15 is 4.39 Å². The summed E-state index contributed by atoms with van der Waals surface area (Å²) in [6, 6.07) is 16.8. The van der Waals surface area contributed by atoms with Crippen LogP contribution in [0.1, 0.15) is 29.0 Å². The summed E-state index contributed by atoms with van der Waals surface area (Å²) in [5, 5.41) is 8.59. The van der Waals surface area contributed by atoms with Gasteiger partial charge in [0.15, 0.2) is 0 Å². The van der Waals surface area contributed by atoms with Gasteiger partial charge in [-0.1, -0.05) is 54.1 Å². The maximum Gasteiger partial charge on any atom is 0.573 e. The Kier molecular flexibility index (Phi) is 12.4. The second kappa shape index (κ2) is 16.7. The molecule has 4 aromatic rings. The number of sulfonamides is 1. The summed E-state index contributed by atoms with van der Waals surface area (Å²) in [6.07, 6.45) is -3.75. The van der Waals surface area contributed by atoms with Gasteiger partial charge < -0.3 is 25.4 Å². The lowest BCUT2D eigenvalue weighted by Crippen LogP contribution is -2.53. The molecule has 0 aliphatic carbocycles. The molecule has 0 spiro atoms. The van der Waals surface area contributed by atoms with Crippen LogP contribution in [0.5, 0.6) is 5.75 Å². The van der Waals surface area contributed by atoms with Gasteiger partial charge in [0.1, 0.15) is 17.6 Å². The zero-order chi connectivity index (χ0) is 37.5. The van der Waals surface area contributed by atoms with Crippen LogP contribution in [-0.4, -0.2) is 74.9 Å². The summed E-state index contributed by atoms with van der Waals surface area (Å²) in [5.74, 6) is -3.39. The zero-order valence-electron chi connectivity index (χ0n) is 27.6. The minimum Gasteiger partial charge on any atom is -0.453 e. The quantitative estimate of drug-likeness (QED) is 0.153. The minimum absolute atomic E-state index is 0.0198. The molecule has 2 heterocycles. The molecule has 11 nitrogen and oxygen atoms in total. The van der Waals surface area contributed by atoms with Crippen LogP contribution in [0.3, 0.4) is 0 Å². The van der Waals surface area contributed by atoms with E-state index < -0.39 is 58.0 Å². The Bertz CT molecular complexity index is 1970. The first kappa shape index (κ1) is 38.5. The standard InChI is InChI=1S/C35H34ClF4N5O6S/c1-50-34(47)44-32(31(22-10-12-24(36)13-11-22)23-6-5-7-26(18-23)51-35(38,39)40)33(46)43-30-21-42-20-29(37)28(30)15-14-25-19-41-16-17-45(25)52(48,49)27-8-3-2-4-9-27/h2-13,18,20-21,25,31-32,41H,14-17,19H2,1H3,(H,43,46)(H,44,47)/t25-,31-,32-/m0/s1. The van der Waals surface area contributed by atoms with Crippen LogP contribution in [0.4, 0.5) is 28.0 Å². The number of nitrogens with one attached hydrogen (secondary N) is 3. The number of anilines is 1. The summed E-state index contributed by atoms with van der Waals surface area (Å²) in [7, 11) is -2.81. The van der Waals surface area contributed by atoms with E-state index in [1.54, 1.807) is 18.2 Å². The molecule has 3 aromatic carbocycles. The van der Waals surface area contributed by atoms with Gasteiger partial charge in [-0.15, -0.1) is 13.2 Å². The van der Waals surface area contributed by atoms with E-state index in [0.29, 0.717) is 23.7 Å². The first-order valence-electron chi connectivity index (χ1n) is 15.9. The Morgan fingerprint density at radius 1 is 1.04 bits per heavy atom. The highest BCUT2D eigenvalue weighted by atomic mass is 35.5. The second-order valence-electron chi connectivity index (χ2n) is 11.7. The molecule has 276 valence electrons. The number of pyridine rings is 1. The maximum atomic E-state index is 15.5. The molecule has 1 aliphatic rings. The number of methoxy groups -OCH3 is 1. The topological polar surface area (TPSA) is 139 Å². The average Bonchev–Trinajstić information content (AvgIpc) is 3.11. The molecule has 0 radical (unpaired) electrons. The second-order valence-corrected chi connectivity index (χ2v) is 14.1. The molecular weight excluding hydrogens is 730 g/mol. The van der Waals surface area contributed by atoms with Crippen molar-refractivity contribution in [2.24, 2.45) is 0 Å². The molecule has 1 fully saturated rings. The first-order valence-corrected chi connectivity index (χ1v) is 17.7. The molecule has 1 saturated heterocycles. The van der Waals surface area contributed by atoms with Crippen LogP contribution in [0.2, 0.25) is 5.02 Å². The molecule has 17 heteroatoms. The molecule has 5 rings (SSSR count). The number of halogens is 5. The van der Waals surface area contributed by atoms with E-state index in [1.165, 1.54) is 59.0 Å². The van der Waals surface area contributed by atoms with Crippen molar-refractivity contribution in [3.05, 3.63) is 119 Å². The molecular formula is C35H34ClF4N5O6S. The van der Waals surface area contributed by atoms with Crippen LogP contribution in [-0.2, 0) is 26.0 Å². The first-order chi connectivity index (χ1) is 24.8. The van der Waals surface area contributed by atoms with E-state index in [1.807, 2.05) is 0 Å². The van der Waals surface area contributed by atoms with Gasteiger partial charge in [-0.05, 0) is 60.4 Å². The lowest BCUT2D eigenvalue weighted by Gasteiger charge is -2.35. The Morgan fingerprint density at radius 2 is 1.77 bits per heavy atom. The molecule has 52 heavy (non-hydrogen) atoms. The molecule has 0 unspecified atom stereocenters. The van der Waals surface area contributed by atoms with E-state index in [0.717, 1.165) is 25.4 Å². The van der Waals surface area contributed by atoms with Crippen LogP contribution in [0.15, 0.2) is 96.2 Å². The molecule has 0 bridgehead atoms. The predicted molar refractivity (Wildman–Crippen MR) is 184 cm³/mol. The number of carbonyl (C=O) groups is 2. The van der Waals surface area contributed by atoms with Crippen molar-refractivity contribution < 1.29 is 45.0 Å². The fourth-order valence-electron chi connectivity index (χ4n) is 6.02. The molecule has 0 saturated carbocycles. The molecule has 2 amide bonds. The van der Waals surface area contributed by atoms with Crippen LogP contribution < -0.4 is 20.7 Å². The summed E-state index contributed by atoms with van der Waals surface area (Å²) in [6.45, 7) is 0.903. The Hall–Kier alpha value is -4.77. The Balaban J connectivity index is 1.47. The van der Waals surface area contributed by atoms with Crippen molar-refractivity contribution in [1.29, 1.82) is 0 Å². The minimum atomic E-state index is -5.01. The number of rotatable bonds is 12. The summed E-state index contributed by atoms with van der Waals surface area (Å²) in [4.78, 5) is 30.8. The number of alkyl halides is 3. The highest BCUT2D eigenvalue weighted by Crippen LogP contribution is 2.34. The summed E-state index contributed by atoms with van der Waals surface area (Å²) in [5.41, 5.74) is 0.466. The largest absolute Gasteiger partial charge is 0.573 e. The summed E-state index contributed by atoms with van der Waals surface area (Å²) < 4.78 is 92.2. The highest BCUT2D eigenvalue weighted by Gasteiger charge is 2.37. The number of benzene rings is 3. The van der Waals surface area contributed by atoms with Gasteiger partial charge in [-0.2, -0.15) is 4.31 Å². The van der Waals surface area contributed by atoms with Crippen molar-refractivity contribution in [2.45, 2.75) is 42.1 Å². The van der Waals surface area contributed by atoms with Gasteiger partial charge in [0.05, 0.1) is 30.1 Å². The fraction of sp³-hybridized carbons (Fsp3) is 0.286. The van der Waals surface area contributed by atoms with Crippen molar-refractivity contribution in [2.75, 3.05) is 32.1 Å². The van der Waals surface area contributed by atoms with Gasteiger partial charge in [0.25, 0.3) is 0 Å². The lowest BCUT2D eigenvalue weighted by atomic mass is 9.84. The van der Waals surface area contributed by atoms with Crippen LogP contribution in [0.25, 0.3) is 0 Å². The van der Waals surface area contributed by atoms with Gasteiger partial charge in [0.2, 0.25) is 15.9 Å². The Labute approximate surface area is 302 Å². The van der Waals surface area contributed by atoms with Gasteiger partial charge in [0, 0.05) is 42.2 Å². The van der Waals surface area contributed by atoms with Gasteiger partial charge in [-0.3, -0.25) is 9.78 Å². The number of ether oxygens (including phenoxy) is 2. The van der Waals surface area contributed by atoms with Crippen LogP contribution >= 0.6 is 11.6 Å². The third kappa shape index (κ3) is 9.56. The van der Waals surface area contributed by atoms with E-state index in [9.17, 15) is 31.2 Å². The van der Waals surface area contributed by atoms with Gasteiger partial charge >= 0.3 is 12.5 Å². The summed E-state index contributed by atoms with van der Waals surface area (Å²) >= 11 is 6.10. The van der Waals surface area contributed by atoms with Crippen molar-refractivity contribution >= 4 is 39.3 Å². The van der Waals surface area contributed by atoms with Crippen molar-refractivity contribution in [3.8, 4) is 5.75 Å². The predicted octanol–water partition coefficient (Wildman–Crippen LogP) is 5.86. The monoisotopic (exact) mass is 763 g/mol.